The van der Waals surface area contributed by atoms with E-state index < -0.39 is 33.4 Å². The minimum Gasteiger partial charge on any atom is -0.352 e. The van der Waals surface area contributed by atoms with Crippen LogP contribution in [0.2, 0.25) is 0 Å². The number of nitro benzene ring substituents is 1. The Balaban J connectivity index is 1.71. The maximum absolute atomic E-state index is 14.0. The summed E-state index contributed by atoms with van der Waals surface area (Å²) in [6, 6.07) is 19.1. The molecule has 1 aliphatic carbocycles. The first-order chi connectivity index (χ1) is 19.6. The summed E-state index contributed by atoms with van der Waals surface area (Å²) < 4.78 is 29.3. The van der Waals surface area contributed by atoms with Crippen LogP contribution in [0, 0.1) is 10.1 Å². The fraction of sp³-hybridized carbons (Fsp3) is 0.310. The van der Waals surface area contributed by atoms with E-state index in [9.17, 15) is 28.1 Å². The molecule has 4 rings (SSSR count). The Morgan fingerprint density at radius 1 is 1.02 bits per heavy atom. The van der Waals surface area contributed by atoms with Gasteiger partial charge in [-0.1, -0.05) is 65.2 Å². The van der Waals surface area contributed by atoms with Gasteiger partial charge in [0.05, 0.1) is 15.5 Å². The van der Waals surface area contributed by atoms with Gasteiger partial charge in [0.1, 0.15) is 12.6 Å². The van der Waals surface area contributed by atoms with E-state index >= 15 is 0 Å². The Morgan fingerprint density at radius 3 is 2.37 bits per heavy atom. The number of anilines is 1. The molecule has 3 aromatic rings. The maximum Gasteiger partial charge on any atom is 0.271 e. The van der Waals surface area contributed by atoms with Gasteiger partial charge in [-0.3, -0.25) is 24.0 Å². The number of carbonyl (C=O) groups is 2. The van der Waals surface area contributed by atoms with E-state index in [1.165, 1.54) is 35.2 Å². The molecule has 1 unspecified atom stereocenters. The van der Waals surface area contributed by atoms with Gasteiger partial charge >= 0.3 is 0 Å². The van der Waals surface area contributed by atoms with Crippen molar-refractivity contribution in [3.8, 4) is 0 Å². The summed E-state index contributed by atoms with van der Waals surface area (Å²) in [4.78, 5) is 39.4. The Morgan fingerprint density at radius 2 is 1.71 bits per heavy atom. The summed E-state index contributed by atoms with van der Waals surface area (Å²) in [5, 5.41) is 14.5. The van der Waals surface area contributed by atoms with E-state index in [0.29, 0.717) is 0 Å². The molecule has 0 radical (unpaired) electrons. The number of nitrogens with one attached hydrogen (secondary N) is 1. The van der Waals surface area contributed by atoms with E-state index in [0.717, 1.165) is 46.1 Å². The van der Waals surface area contributed by atoms with Crippen molar-refractivity contribution >= 4 is 49.1 Å². The number of benzene rings is 3. The molecule has 1 saturated carbocycles. The normalized spacial score (nSPS) is 14.3. The Bertz CT molecular complexity index is 1510. The lowest BCUT2D eigenvalue weighted by molar-refractivity contribution is -0.384. The molecule has 10 nitrogen and oxygen atoms in total. The molecule has 0 heterocycles. The van der Waals surface area contributed by atoms with Gasteiger partial charge in [-0.15, -0.1) is 0 Å². The number of rotatable bonds is 11. The lowest BCUT2D eigenvalue weighted by atomic mass is 10.1. The van der Waals surface area contributed by atoms with E-state index in [1.54, 1.807) is 31.2 Å². The number of hydrogen-bond donors (Lipinski definition) is 1. The summed E-state index contributed by atoms with van der Waals surface area (Å²) in [6.45, 7) is 0.989. The minimum absolute atomic E-state index is 0.0348. The Labute approximate surface area is 247 Å². The monoisotopic (exact) mass is 642 g/mol. The second-order valence-electron chi connectivity index (χ2n) is 9.92. The molecular formula is C29H31BrN4O6S. The lowest BCUT2D eigenvalue weighted by Gasteiger charge is -2.32. The van der Waals surface area contributed by atoms with Crippen LogP contribution >= 0.6 is 15.9 Å². The van der Waals surface area contributed by atoms with E-state index in [2.05, 4.69) is 21.2 Å². The first kappa shape index (κ1) is 30.2. The quantitative estimate of drug-likeness (QED) is 0.231. The third-order valence-corrected chi connectivity index (χ3v) is 9.33. The fourth-order valence-corrected chi connectivity index (χ4v) is 6.69. The van der Waals surface area contributed by atoms with Gasteiger partial charge in [0.25, 0.3) is 15.7 Å². The van der Waals surface area contributed by atoms with Crippen LogP contribution in [0.1, 0.15) is 38.2 Å². The average Bonchev–Trinajstić information content (AvgIpc) is 3.47. The molecule has 1 fully saturated rings. The zero-order chi connectivity index (χ0) is 29.6. The van der Waals surface area contributed by atoms with E-state index in [-0.39, 0.29) is 34.8 Å². The van der Waals surface area contributed by atoms with Crippen molar-refractivity contribution in [2.45, 2.75) is 56.1 Å². The third kappa shape index (κ3) is 7.50. The molecule has 0 aliphatic heterocycles. The van der Waals surface area contributed by atoms with Crippen LogP contribution in [0.25, 0.3) is 0 Å². The molecule has 0 saturated heterocycles. The molecule has 1 N–H and O–H groups in total. The van der Waals surface area contributed by atoms with Crippen molar-refractivity contribution in [1.82, 2.24) is 10.2 Å². The largest absolute Gasteiger partial charge is 0.352 e. The number of nitro groups is 1. The summed E-state index contributed by atoms with van der Waals surface area (Å²) in [6.07, 6.45) is 3.78. The van der Waals surface area contributed by atoms with Crippen molar-refractivity contribution in [3.05, 3.63) is 99.0 Å². The minimum atomic E-state index is -4.31. The van der Waals surface area contributed by atoms with Crippen molar-refractivity contribution in [2.75, 3.05) is 10.8 Å². The maximum atomic E-state index is 14.0. The fourth-order valence-electron chi connectivity index (χ4n) is 4.82. The van der Waals surface area contributed by atoms with E-state index in [1.807, 2.05) is 18.2 Å². The number of sulfonamides is 1. The average molecular weight is 644 g/mol. The lowest BCUT2D eigenvalue weighted by Crippen LogP contribution is -2.52. The molecule has 0 aromatic heterocycles. The third-order valence-electron chi connectivity index (χ3n) is 7.05. The molecule has 216 valence electrons. The summed E-state index contributed by atoms with van der Waals surface area (Å²) >= 11 is 3.43. The topological polar surface area (TPSA) is 130 Å². The molecule has 3 aromatic carbocycles. The SMILES string of the molecule is CC(C(=O)NC1CCCC1)N(Cc1cccc(Br)c1)C(=O)CN(c1cccc([N+](=O)[O-])c1)S(=O)(=O)c1ccccc1. The molecule has 41 heavy (non-hydrogen) atoms. The van der Waals surface area contributed by atoms with Gasteiger partial charge in [-0.05, 0) is 55.7 Å². The number of nitrogens with zero attached hydrogens (tertiary/aromatic N) is 3. The predicted octanol–water partition coefficient (Wildman–Crippen LogP) is 5.03. The van der Waals surface area contributed by atoms with Crippen molar-refractivity contribution < 1.29 is 22.9 Å². The number of halogens is 1. The zero-order valence-electron chi connectivity index (χ0n) is 22.5. The van der Waals surface area contributed by atoms with Crippen LogP contribution in [-0.4, -0.2) is 48.7 Å². The summed E-state index contributed by atoms with van der Waals surface area (Å²) in [5.41, 5.74) is 0.376. The van der Waals surface area contributed by atoms with Gasteiger partial charge in [-0.25, -0.2) is 8.42 Å². The molecule has 0 spiro atoms. The van der Waals surface area contributed by atoms with Crippen LogP contribution in [0.15, 0.2) is 88.2 Å². The van der Waals surface area contributed by atoms with Gasteiger partial charge in [0.15, 0.2) is 0 Å². The van der Waals surface area contributed by atoms with Crippen molar-refractivity contribution in [1.29, 1.82) is 0 Å². The summed E-state index contributed by atoms with van der Waals surface area (Å²) in [5.74, 6) is -0.960. The van der Waals surface area contributed by atoms with Crippen molar-refractivity contribution in [2.24, 2.45) is 0 Å². The second kappa shape index (κ2) is 13.3. The van der Waals surface area contributed by atoms with Crippen LogP contribution in [0.5, 0.6) is 0 Å². The second-order valence-corrected chi connectivity index (χ2v) is 12.7. The first-order valence-corrected chi connectivity index (χ1v) is 15.5. The Kier molecular flexibility index (Phi) is 9.77. The number of hydrogen-bond acceptors (Lipinski definition) is 6. The molecule has 1 aliphatic rings. The highest BCUT2D eigenvalue weighted by Gasteiger charge is 2.33. The van der Waals surface area contributed by atoms with Crippen LogP contribution in [-0.2, 0) is 26.2 Å². The molecule has 1 atom stereocenters. The predicted molar refractivity (Wildman–Crippen MR) is 159 cm³/mol. The van der Waals surface area contributed by atoms with Gasteiger partial charge < -0.3 is 10.2 Å². The number of amides is 2. The standard InChI is InChI=1S/C29H31BrN4O6S/c1-21(29(36)31-24-11-5-6-12-24)32(19-22-9-7-10-23(30)17-22)28(35)20-33(25-13-8-14-26(18-25)34(37)38)41(39,40)27-15-3-2-4-16-27/h2-4,7-10,13-18,21,24H,5-6,11-12,19-20H2,1H3,(H,31,36). The number of carbonyl (C=O) groups excluding carboxylic acids is 2. The highest BCUT2D eigenvalue weighted by Crippen LogP contribution is 2.28. The van der Waals surface area contributed by atoms with Crippen LogP contribution < -0.4 is 9.62 Å². The molecule has 12 heteroatoms. The number of non-ortho nitro benzene ring substituents is 1. The van der Waals surface area contributed by atoms with Crippen molar-refractivity contribution in [3.63, 3.8) is 0 Å². The molecule has 0 bridgehead atoms. The molecular weight excluding hydrogens is 612 g/mol. The molecule has 2 amide bonds. The highest BCUT2D eigenvalue weighted by molar-refractivity contribution is 9.10. The van der Waals surface area contributed by atoms with Gasteiger partial charge in [0, 0.05) is 29.2 Å². The van der Waals surface area contributed by atoms with Crippen LogP contribution in [0.4, 0.5) is 11.4 Å². The summed E-state index contributed by atoms with van der Waals surface area (Å²) in [7, 11) is -4.31. The van der Waals surface area contributed by atoms with E-state index in [4.69, 9.17) is 0 Å². The van der Waals surface area contributed by atoms with Gasteiger partial charge in [0.2, 0.25) is 11.8 Å². The van der Waals surface area contributed by atoms with Crippen LogP contribution in [0.3, 0.4) is 0 Å². The smallest absolute Gasteiger partial charge is 0.271 e. The Hall–Kier alpha value is -3.77. The highest BCUT2D eigenvalue weighted by atomic mass is 79.9. The van der Waals surface area contributed by atoms with Gasteiger partial charge in [-0.2, -0.15) is 0 Å². The first-order valence-electron chi connectivity index (χ1n) is 13.2. The zero-order valence-corrected chi connectivity index (χ0v) is 24.9.